The van der Waals surface area contributed by atoms with Crippen LogP contribution in [0.2, 0.25) is 5.02 Å². The molecule has 1 aliphatic rings. The zero-order valence-corrected chi connectivity index (χ0v) is 14.9. The van der Waals surface area contributed by atoms with Crippen molar-refractivity contribution in [3.05, 3.63) is 64.7 Å². The van der Waals surface area contributed by atoms with Gasteiger partial charge >= 0.3 is 0 Å². The molecule has 0 bridgehead atoms. The number of carbonyl (C=O) groups excluding carboxylic acids is 2. The van der Waals surface area contributed by atoms with Gasteiger partial charge in [0.2, 0.25) is 0 Å². The maximum Gasteiger partial charge on any atom is 0.261 e. The Hall–Kier alpha value is -2.33. The molecular formula is C20H21ClN2O2. The van der Waals surface area contributed by atoms with Crippen LogP contribution in [0.25, 0.3) is 0 Å². The second kappa shape index (κ2) is 7.70. The molecule has 25 heavy (non-hydrogen) atoms. The number of nitrogens with one attached hydrogen (secondary N) is 1. The number of hydrogen-bond donors (Lipinski definition) is 1. The van der Waals surface area contributed by atoms with Gasteiger partial charge in [-0.05, 0) is 62.6 Å². The molecule has 0 fully saturated rings. The molecule has 1 aliphatic heterocycles. The van der Waals surface area contributed by atoms with Crippen LogP contribution < -0.4 is 5.32 Å². The average molecular weight is 357 g/mol. The van der Waals surface area contributed by atoms with E-state index in [1.807, 2.05) is 31.2 Å². The predicted octanol–water partition coefficient (Wildman–Crippen LogP) is 4.61. The topological polar surface area (TPSA) is 49.4 Å². The lowest BCUT2D eigenvalue weighted by molar-refractivity contribution is 0.0588. The van der Waals surface area contributed by atoms with E-state index >= 15 is 0 Å². The summed E-state index contributed by atoms with van der Waals surface area (Å²) in [4.78, 5) is 26.3. The first-order chi connectivity index (χ1) is 12.1. The molecule has 1 unspecified atom stereocenters. The minimum absolute atomic E-state index is 0.0945. The van der Waals surface area contributed by atoms with Crippen LogP contribution >= 0.6 is 11.6 Å². The van der Waals surface area contributed by atoms with Crippen LogP contribution in [0.3, 0.4) is 0 Å². The number of hydrogen-bond acceptors (Lipinski definition) is 3. The van der Waals surface area contributed by atoms with Gasteiger partial charge in [0, 0.05) is 23.3 Å². The molecule has 1 atom stereocenters. The van der Waals surface area contributed by atoms with E-state index in [0.717, 1.165) is 36.5 Å². The number of unbranched alkanes of at least 4 members (excludes halogenated alkanes) is 1. The highest BCUT2D eigenvalue weighted by molar-refractivity contribution is 6.30. The lowest BCUT2D eigenvalue weighted by atomic mass is 10.1. The summed E-state index contributed by atoms with van der Waals surface area (Å²) in [6.45, 7) is 2.78. The van der Waals surface area contributed by atoms with Gasteiger partial charge < -0.3 is 5.32 Å². The molecule has 2 aromatic rings. The molecule has 0 saturated heterocycles. The summed E-state index contributed by atoms with van der Waals surface area (Å²) >= 11 is 5.86. The Labute approximate surface area is 152 Å². The van der Waals surface area contributed by atoms with Crippen LogP contribution in [-0.2, 0) is 0 Å². The third-order valence-corrected chi connectivity index (χ3v) is 4.74. The molecule has 1 N–H and O–H groups in total. The molecule has 5 heteroatoms. The number of carbonyl (C=O) groups is 2. The summed E-state index contributed by atoms with van der Waals surface area (Å²) in [6, 6.07) is 14.5. The van der Waals surface area contributed by atoms with Crippen molar-refractivity contribution in [1.82, 2.24) is 4.90 Å². The first kappa shape index (κ1) is 17.5. The van der Waals surface area contributed by atoms with Gasteiger partial charge in [0.25, 0.3) is 11.8 Å². The Balaban J connectivity index is 1.45. The molecule has 1 heterocycles. The molecule has 2 amide bonds. The van der Waals surface area contributed by atoms with Crippen molar-refractivity contribution in [2.24, 2.45) is 0 Å². The van der Waals surface area contributed by atoms with E-state index < -0.39 is 0 Å². The van der Waals surface area contributed by atoms with Gasteiger partial charge in [-0.3, -0.25) is 14.5 Å². The second-order valence-corrected chi connectivity index (χ2v) is 6.74. The minimum atomic E-state index is -0.174. The van der Waals surface area contributed by atoms with E-state index in [-0.39, 0.29) is 17.9 Å². The van der Waals surface area contributed by atoms with Gasteiger partial charge in [-0.25, -0.2) is 0 Å². The van der Waals surface area contributed by atoms with Crippen LogP contribution in [0.4, 0.5) is 5.69 Å². The third-order valence-electron chi connectivity index (χ3n) is 4.49. The first-order valence-electron chi connectivity index (χ1n) is 8.54. The number of benzene rings is 2. The van der Waals surface area contributed by atoms with Crippen molar-refractivity contribution in [1.29, 1.82) is 0 Å². The van der Waals surface area contributed by atoms with Crippen molar-refractivity contribution < 1.29 is 9.59 Å². The minimum Gasteiger partial charge on any atom is -0.385 e. The van der Waals surface area contributed by atoms with E-state index in [1.165, 1.54) is 4.90 Å². The van der Waals surface area contributed by atoms with Gasteiger partial charge in [0.05, 0.1) is 11.1 Å². The molecule has 0 radical (unpaired) electrons. The van der Waals surface area contributed by atoms with Crippen molar-refractivity contribution in [2.75, 3.05) is 11.9 Å². The Morgan fingerprint density at radius 1 is 0.960 bits per heavy atom. The highest BCUT2D eigenvalue weighted by atomic mass is 35.5. The number of amides is 2. The second-order valence-electron chi connectivity index (χ2n) is 6.30. The SMILES string of the molecule is CC(CCCCNc1ccc(Cl)cc1)N1C(=O)c2ccccc2C1=O. The maximum absolute atomic E-state index is 12.4. The van der Waals surface area contributed by atoms with Gasteiger partial charge in [-0.15, -0.1) is 0 Å². The fourth-order valence-electron chi connectivity index (χ4n) is 3.10. The molecule has 4 nitrogen and oxygen atoms in total. The van der Waals surface area contributed by atoms with E-state index in [2.05, 4.69) is 5.32 Å². The summed E-state index contributed by atoms with van der Waals surface area (Å²) < 4.78 is 0. The van der Waals surface area contributed by atoms with E-state index in [4.69, 9.17) is 11.6 Å². The van der Waals surface area contributed by atoms with Gasteiger partial charge in [-0.1, -0.05) is 23.7 Å². The lowest BCUT2D eigenvalue weighted by Crippen LogP contribution is -2.38. The Kier molecular flexibility index (Phi) is 5.39. The summed E-state index contributed by atoms with van der Waals surface area (Å²) in [5.74, 6) is -0.347. The Morgan fingerprint density at radius 2 is 1.56 bits per heavy atom. The largest absolute Gasteiger partial charge is 0.385 e. The Morgan fingerprint density at radius 3 is 2.16 bits per heavy atom. The smallest absolute Gasteiger partial charge is 0.261 e. The van der Waals surface area contributed by atoms with E-state index in [1.54, 1.807) is 24.3 Å². The number of imide groups is 1. The summed E-state index contributed by atoms with van der Waals surface area (Å²) in [5.41, 5.74) is 2.07. The van der Waals surface area contributed by atoms with E-state index in [0.29, 0.717) is 11.1 Å². The molecule has 0 aromatic heterocycles. The number of halogens is 1. The molecule has 2 aromatic carbocycles. The van der Waals surface area contributed by atoms with Crippen LogP contribution in [0.5, 0.6) is 0 Å². The summed E-state index contributed by atoms with van der Waals surface area (Å²) in [5, 5.41) is 4.06. The zero-order valence-electron chi connectivity index (χ0n) is 14.2. The fourth-order valence-corrected chi connectivity index (χ4v) is 3.23. The molecule has 0 saturated carbocycles. The highest BCUT2D eigenvalue weighted by Crippen LogP contribution is 2.26. The summed E-state index contributed by atoms with van der Waals surface area (Å²) in [7, 11) is 0. The van der Waals surface area contributed by atoms with Crippen molar-refractivity contribution in [3.63, 3.8) is 0 Å². The Bertz CT molecular complexity index is 739. The molecule has 3 rings (SSSR count). The van der Waals surface area contributed by atoms with Crippen molar-refractivity contribution >= 4 is 29.1 Å². The number of anilines is 1. The molecule has 0 spiro atoms. The number of fused-ring (bicyclic) bond motifs is 1. The zero-order chi connectivity index (χ0) is 17.8. The van der Waals surface area contributed by atoms with Crippen LogP contribution in [-0.4, -0.2) is 29.3 Å². The number of nitrogens with zero attached hydrogens (tertiary/aromatic N) is 1. The molecular weight excluding hydrogens is 336 g/mol. The van der Waals surface area contributed by atoms with Crippen LogP contribution in [0.1, 0.15) is 46.9 Å². The highest BCUT2D eigenvalue weighted by Gasteiger charge is 2.37. The normalized spacial score (nSPS) is 14.6. The van der Waals surface area contributed by atoms with E-state index in [9.17, 15) is 9.59 Å². The standard InChI is InChI=1S/C20H21ClN2O2/c1-14(6-4-5-13-22-16-11-9-15(21)10-12-16)23-19(24)17-7-2-3-8-18(17)20(23)25/h2-3,7-12,14,22H,4-6,13H2,1H3. The molecule has 0 aliphatic carbocycles. The number of rotatable bonds is 7. The van der Waals surface area contributed by atoms with Gasteiger partial charge in [0.15, 0.2) is 0 Å². The quantitative estimate of drug-likeness (QED) is 0.582. The summed E-state index contributed by atoms with van der Waals surface area (Å²) in [6.07, 6.45) is 2.71. The maximum atomic E-state index is 12.4. The third kappa shape index (κ3) is 3.85. The first-order valence-corrected chi connectivity index (χ1v) is 8.92. The van der Waals surface area contributed by atoms with Gasteiger partial charge in [0.1, 0.15) is 0 Å². The molecule has 130 valence electrons. The lowest BCUT2D eigenvalue weighted by Gasteiger charge is -2.22. The predicted molar refractivity (Wildman–Crippen MR) is 100 cm³/mol. The monoisotopic (exact) mass is 356 g/mol. The van der Waals surface area contributed by atoms with Crippen molar-refractivity contribution in [3.8, 4) is 0 Å². The van der Waals surface area contributed by atoms with Crippen molar-refractivity contribution in [2.45, 2.75) is 32.2 Å². The fraction of sp³-hybridized carbons (Fsp3) is 0.300. The van der Waals surface area contributed by atoms with Gasteiger partial charge in [-0.2, -0.15) is 0 Å². The van der Waals surface area contributed by atoms with Crippen LogP contribution in [0, 0.1) is 0 Å². The average Bonchev–Trinajstić information content (AvgIpc) is 2.87. The van der Waals surface area contributed by atoms with Crippen LogP contribution in [0.15, 0.2) is 48.5 Å².